The molecule has 1 aliphatic heterocycles. The maximum Gasteiger partial charge on any atom is 0.272 e. The van der Waals surface area contributed by atoms with Crippen LogP contribution in [0, 0.1) is 0 Å². The van der Waals surface area contributed by atoms with E-state index in [0.717, 1.165) is 28.4 Å². The van der Waals surface area contributed by atoms with Crippen molar-refractivity contribution in [2.75, 3.05) is 5.32 Å². The largest absolute Gasteiger partial charge is 0.374 e. The smallest absolute Gasteiger partial charge is 0.272 e. The lowest BCUT2D eigenvalue weighted by atomic mass is 9.86. The molecule has 0 amide bonds. The van der Waals surface area contributed by atoms with Crippen LogP contribution in [0.15, 0.2) is 47.8 Å². The third-order valence-electron chi connectivity index (χ3n) is 5.06. The fourth-order valence-electron chi connectivity index (χ4n) is 3.84. The number of aryl methyl sites for hydroxylation is 2. The Bertz CT molecular complexity index is 1190. The zero-order chi connectivity index (χ0) is 17.8. The molecule has 2 unspecified atom stereocenters. The number of H-pyrrole nitrogens is 1. The van der Waals surface area contributed by atoms with E-state index in [-0.39, 0.29) is 17.5 Å². The first-order chi connectivity index (χ1) is 12.6. The zero-order valence-electron chi connectivity index (χ0n) is 14.3. The predicted molar refractivity (Wildman–Crippen MR) is 97.0 cm³/mol. The van der Waals surface area contributed by atoms with Crippen molar-refractivity contribution in [3.63, 3.8) is 0 Å². The number of nitrogens with zero attached hydrogens (tertiary/aromatic N) is 5. The number of nitrogens with one attached hydrogen (secondary N) is 2. The molecule has 5 rings (SSSR count). The van der Waals surface area contributed by atoms with Crippen LogP contribution in [-0.2, 0) is 14.1 Å². The lowest BCUT2D eigenvalue weighted by Gasteiger charge is -2.33. The number of aromatic nitrogens is 6. The lowest BCUT2D eigenvalue weighted by molar-refractivity contribution is 0.547. The molecular weight excluding hydrogens is 330 g/mol. The summed E-state index contributed by atoms with van der Waals surface area (Å²) >= 11 is 0. The minimum absolute atomic E-state index is 0.160. The number of hydrogen-bond acceptors (Lipinski definition) is 5. The zero-order valence-corrected chi connectivity index (χ0v) is 14.3. The average molecular weight is 347 g/mol. The van der Waals surface area contributed by atoms with Crippen LogP contribution in [-0.4, -0.2) is 29.3 Å². The van der Waals surface area contributed by atoms with Gasteiger partial charge in [-0.05, 0) is 12.1 Å². The SMILES string of the molecule is Cn1ccnc1C1Nc2cccc3c(=O)[nH]nc(c23)C1c1nccn1C. The molecule has 2 N–H and O–H groups in total. The van der Waals surface area contributed by atoms with E-state index in [2.05, 4.69) is 25.5 Å². The molecule has 0 bridgehead atoms. The second-order valence-corrected chi connectivity index (χ2v) is 6.56. The Kier molecular flexibility index (Phi) is 3.03. The van der Waals surface area contributed by atoms with E-state index in [1.807, 2.05) is 53.8 Å². The van der Waals surface area contributed by atoms with E-state index in [4.69, 9.17) is 0 Å². The molecule has 8 nitrogen and oxygen atoms in total. The van der Waals surface area contributed by atoms with Gasteiger partial charge in [-0.3, -0.25) is 4.79 Å². The van der Waals surface area contributed by atoms with Crippen molar-refractivity contribution in [2.45, 2.75) is 12.0 Å². The Morgan fingerprint density at radius 1 is 1.04 bits per heavy atom. The quantitative estimate of drug-likeness (QED) is 0.575. The summed E-state index contributed by atoms with van der Waals surface area (Å²) in [5.74, 6) is 1.56. The molecule has 0 saturated heterocycles. The summed E-state index contributed by atoms with van der Waals surface area (Å²) in [7, 11) is 3.93. The van der Waals surface area contributed by atoms with Gasteiger partial charge in [0.25, 0.3) is 5.56 Å². The molecule has 0 aliphatic carbocycles. The van der Waals surface area contributed by atoms with E-state index in [0.29, 0.717) is 5.39 Å². The molecule has 26 heavy (non-hydrogen) atoms. The summed E-state index contributed by atoms with van der Waals surface area (Å²) in [4.78, 5) is 21.4. The summed E-state index contributed by atoms with van der Waals surface area (Å²) in [5.41, 5.74) is 1.49. The van der Waals surface area contributed by atoms with Gasteiger partial charge >= 0.3 is 0 Å². The Balaban J connectivity index is 1.85. The Morgan fingerprint density at radius 2 is 1.77 bits per heavy atom. The summed E-state index contributed by atoms with van der Waals surface area (Å²) < 4.78 is 3.97. The second-order valence-electron chi connectivity index (χ2n) is 6.56. The van der Waals surface area contributed by atoms with Gasteiger partial charge in [0.15, 0.2) is 0 Å². The minimum atomic E-state index is -0.193. The maximum absolute atomic E-state index is 12.3. The van der Waals surface area contributed by atoms with Crippen molar-refractivity contribution < 1.29 is 0 Å². The third-order valence-corrected chi connectivity index (χ3v) is 5.06. The highest BCUT2D eigenvalue weighted by atomic mass is 16.1. The first kappa shape index (κ1) is 14.9. The molecular formula is C18H17N7O. The van der Waals surface area contributed by atoms with Crippen molar-refractivity contribution in [3.05, 3.63) is 70.7 Å². The van der Waals surface area contributed by atoms with Gasteiger partial charge in [0.1, 0.15) is 17.7 Å². The summed E-state index contributed by atoms with van der Waals surface area (Å²) in [6.07, 6.45) is 7.38. The second kappa shape index (κ2) is 5.29. The van der Waals surface area contributed by atoms with Crippen molar-refractivity contribution >= 4 is 16.5 Å². The van der Waals surface area contributed by atoms with Crippen LogP contribution in [0.4, 0.5) is 5.69 Å². The topological polar surface area (TPSA) is 93.4 Å². The fraction of sp³-hybridized carbons (Fsp3) is 0.222. The van der Waals surface area contributed by atoms with Gasteiger partial charge in [-0.1, -0.05) is 6.07 Å². The van der Waals surface area contributed by atoms with E-state index in [1.54, 1.807) is 12.4 Å². The molecule has 3 aromatic heterocycles. The Hall–Kier alpha value is -3.42. The highest BCUT2D eigenvalue weighted by Gasteiger charge is 2.38. The predicted octanol–water partition coefficient (Wildman–Crippen LogP) is 1.69. The number of aromatic amines is 1. The first-order valence-electron chi connectivity index (χ1n) is 8.37. The van der Waals surface area contributed by atoms with Crippen LogP contribution in [0.25, 0.3) is 10.8 Å². The molecule has 4 aromatic rings. The molecule has 0 fully saturated rings. The summed E-state index contributed by atoms with van der Waals surface area (Å²) in [5, 5.41) is 12.1. The molecule has 4 heterocycles. The molecule has 0 spiro atoms. The van der Waals surface area contributed by atoms with Crippen LogP contribution in [0.3, 0.4) is 0 Å². The van der Waals surface area contributed by atoms with Crippen molar-refractivity contribution in [2.24, 2.45) is 14.1 Å². The van der Waals surface area contributed by atoms with Gasteiger partial charge in [-0.15, -0.1) is 0 Å². The number of benzene rings is 1. The van der Waals surface area contributed by atoms with Gasteiger partial charge in [0.2, 0.25) is 0 Å². The van der Waals surface area contributed by atoms with Crippen LogP contribution in [0.5, 0.6) is 0 Å². The highest BCUT2D eigenvalue weighted by molar-refractivity contribution is 5.97. The van der Waals surface area contributed by atoms with Gasteiger partial charge in [0.05, 0.1) is 17.0 Å². The van der Waals surface area contributed by atoms with E-state index in [1.165, 1.54) is 0 Å². The normalized spacial score (nSPS) is 18.8. The maximum atomic E-state index is 12.3. The van der Waals surface area contributed by atoms with Crippen molar-refractivity contribution in [1.29, 1.82) is 0 Å². The molecule has 8 heteroatoms. The molecule has 1 aliphatic rings. The fourth-order valence-corrected chi connectivity index (χ4v) is 3.84. The first-order valence-corrected chi connectivity index (χ1v) is 8.37. The van der Waals surface area contributed by atoms with Crippen LogP contribution < -0.4 is 10.9 Å². The minimum Gasteiger partial charge on any atom is -0.374 e. The average Bonchev–Trinajstić information content (AvgIpc) is 3.25. The number of imidazole rings is 2. The highest BCUT2D eigenvalue weighted by Crippen LogP contribution is 2.45. The van der Waals surface area contributed by atoms with Crippen LogP contribution in [0.1, 0.15) is 29.3 Å². The van der Waals surface area contributed by atoms with Crippen LogP contribution >= 0.6 is 0 Å². The van der Waals surface area contributed by atoms with Crippen molar-refractivity contribution in [1.82, 2.24) is 29.3 Å². The van der Waals surface area contributed by atoms with Gasteiger partial charge in [-0.25, -0.2) is 15.1 Å². The Labute approximate surface area is 148 Å². The van der Waals surface area contributed by atoms with Crippen LogP contribution in [0.2, 0.25) is 0 Å². The van der Waals surface area contributed by atoms with Crippen molar-refractivity contribution in [3.8, 4) is 0 Å². The molecule has 0 radical (unpaired) electrons. The molecule has 1 aromatic carbocycles. The number of hydrogen-bond donors (Lipinski definition) is 2. The van der Waals surface area contributed by atoms with Gasteiger partial charge < -0.3 is 14.5 Å². The summed E-state index contributed by atoms with van der Waals surface area (Å²) in [6.45, 7) is 0. The van der Waals surface area contributed by atoms with E-state index in [9.17, 15) is 4.79 Å². The number of anilines is 1. The standard InChI is InChI=1S/C18H17N7O/c1-24-8-6-19-16(24)13-14-12-10(18(26)23-22-14)4-3-5-11(12)21-15(13)17-20-7-9-25(17)2/h3-9,13,15,21H,1-2H3,(H,23,26). The number of rotatable bonds is 2. The van der Waals surface area contributed by atoms with E-state index >= 15 is 0 Å². The van der Waals surface area contributed by atoms with Gasteiger partial charge in [0, 0.05) is 50.0 Å². The molecule has 130 valence electrons. The molecule has 0 saturated carbocycles. The lowest BCUT2D eigenvalue weighted by Crippen LogP contribution is -2.31. The molecule has 2 atom stereocenters. The van der Waals surface area contributed by atoms with Gasteiger partial charge in [-0.2, -0.15) is 5.10 Å². The third kappa shape index (κ3) is 1.95. The Morgan fingerprint density at radius 3 is 2.46 bits per heavy atom. The van der Waals surface area contributed by atoms with E-state index < -0.39 is 0 Å². The monoisotopic (exact) mass is 347 g/mol. The summed E-state index contributed by atoms with van der Waals surface area (Å²) in [6, 6.07) is 5.51.